The first-order valence-corrected chi connectivity index (χ1v) is 8.35. The lowest BCUT2D eigenvalue weighted by atomic mass is 9.72. The topological polar surface area (TPSA) is 68.5 Å². The summed E-state index contributed by atoms with van der Waals surface area (Å²) in [6, 6.07) is 0. The van der Waals surface area contributed by atoms with Crippen molar-refractivity contribution in [2.75, 3.05) is 26.3 Å². The number of aryl methyl sites for hydroxylation is 1. The lowest BCUT2D eigenvalue weighted by molar-refractivity contribution is -0.137. The van der Waals surface area contributed by atoms with E-state index in [2.05, 4.69) is 15.0 Å². The average molecular weight is 305 g/mol. The monoisotopic (exact) mass is 305 g/mol. The minimum Gasteiger partial charge on any atom is -0.381 e. The molecule has 0 bridgehead atoms. The van der Waals surface area contributed by atoms with Crippen LogP contribution in [0.25, 0.3) is 0 Å². The van der Waals surface area contributed by atoms with Crippen molar-refractivity contribution in [1.82, 2.24) is 15.0 Å². The van der Waals surface area contributed by atoms with Crippen LogP contribution in [0.15, 0.2) is 4.52 Å². The molecule has 1 amide bonds. The molecule has 0 N–H and O–H groups in total. The van der Waals surface area contributed by atoms with Crippen LogP contribution in [-0.2, 0) is 9.53 Å². The Morgan fingerprint density at radius 1 is 1.32 bits per heavy atom. The SMILES string of the molecule is Cc1noc([C@H]2CN(C(=O)C3CCC3)CC23CCOCC3)n1. The number of hydrogen-bond donors (Lipinski definition) is 0. The van der Waals surface area contributed by atoms with Gasteiger partial charge < -0.3 is 14.2 Å². The molecule has 3 fully saturated rings. The molecule has 22 heavy (non-hydrogen) atoms. The summed E-state index contributed by atoms with van der Waals surface area (Å²) in [7, 11) is 0. The molecule has 3 aliphatic rings. The number of carbonyl (C=O) groups is 1. The van der Waals surface area contributed by atoms with E-state index in [-0.39, 0.29) is 17.3 Å². The fourth-order valence-corrected chi connectivity index (χ4v) is 4.13. The van der Waals surface area contributed by atoms with Crippen LogP contribution in [0.4, 0.5) is 0 Å². The van der Waals surface area contributed by atoms with E-state index in [1.807, 2.05) is 6.92 Å². The smallest absolute Gasteiger partial charge is 0.232 e. The Bertz CT molecular complexity index is 561. The quantitative estimate of drug-likeness (QED) is 0.834. The third-order valence-electron chi connectivity index (χ3n) is 5.74. The molecule has 1 aromatic heterocycles. The highest BCUT2D eigenvalue weighted by Gasteiger charge is 2.52. The molecule has 6 heteroatoms. The Morgan fingerprint density at radius 3 is 2.68 bits per heavy atom. The third kappa shape index (κ3) is 2.24. The van der Waals surface area contributed by atoms with Crippen molar-refractivity contribution in [2.45, 2.75) is 44.9 Å². The number of likely N-dealkylation sites (tertiary alicyclic amines) is 1. The number of aromatic nitrogens is 2. The molecule has 4 rings (SSSR count). The van der Waals surface area contributed by atoms with Gasteiger partial charge in [-0.2, -0.15) is 4.98 Å². The summed E-state index contributed by atoms with van der Waals surface area (Å²) in [5, 5.41) is 3.95. The summed E-state index contributed by atoms with van der Waals surface area (Å²) in [5.74, 6) is 2.10. The van der Waals surface area contributed by atoms with Gasteiger partial charge in [0.05, 0.1) is 5.92 Å². The molecule has 1 aliphatic carbocycles. The maximum atomic E-state index is 12.7. The van der Waals surface area contributed by atoms with Crippen LogP contribution in [0.5, 0.6) is 0 Å². The Hall–Kier alpha value is -1.43. The minimum atomic E-state index is 0.0522. The fraction of sp³-hybridized carbons (Fsp3) is 0.812. The number of carbonyl (C=O) groups excluding carboxylic acids is 1. The van der Waals surface area contributed by atoms with Crippen LogP contribution in [0.3, 0.4) is 0 Å². The van der Waals surface area contributed by atoms with E-state index in [4.69, 9.17) is 9.26 Å². The lowest BCUT2D eigenvalue weighted by Crippen LogP contribution is -2.40. The van der Waals surface area contributed by atoms with Crippen molar-refractivity contribution < 1.29 is 14.1 Å². The second-order valence-electron chi connectivity index (χ2n) is 7.05. The van der Waals surface area contributed by atoms with Crippen LogP contribution in [0.1, 0.15) is 49.7 Å². The van der Waals surface area contributed by atoms with Crippen molar-refractivity contribution >= 4 is 5.91 Å². The highest BCUT2D eigenvalue weighted by Crippen LogP contribution is 2.49. The van der Waals surface area contributed by atoms with Gasteiger partial charge in [0.2, 0.25) is 11.8 Å². The Kier molecular flexibility index (Phi) is 3.44. The van der Waals surface area contributed by atoms with Crippen LogP contribution in [-0.4, -0.2) is 47.3 Å². The maximum Gasteiger partial charge on any atom is 0.232 e. The highest BCUT2D eigenvalue weighted by atomic mass is 16.5. The molecule has 6 nitrogen and oxygen atoms in total. The Morgan fingerprint density at radius 2 is 2.09 bits per heavy atom. The van der Waals surface area contributed by atoms with Crippen molar-refractivity contribution in [3.8, 4) is 0 Å². The van der Waals surface area contributed by atoms with Gasteiger partial charge in [-0.1, -0.05) is 11.6 Å². The largest absolute Gasteiger partial charge is 0.381 e. The zero-order valence-corrected chi connectivity index (χ0v) is 13.1. The van der Waals surface area contributed by atoms with Gasteiger partial charge in [0.1, 0.15) is 0 Å². The van der Waals surface area contributed by atoms with Gasteiger partial charge in [-0.05, 0) is 32.6 Å². The first-order chi connectivity index (χ1) is 10.7. The van der Waals surface area contributed by atoms with Crippen LogP contribution in [0, 0.1) is 18.3 Å². The third-order valence-corrected chi connectivity index (χ3v) is 5.74. The van der Waals surface area contributed by atoms with E-state index in [0.29, 0.717) is 17.6 Å². The molecular formula is C16H23N3O3. The number of hydrogen-bond acceptors (Lipinski definition) is 5. The van der Waals surface area contributed by atoms with Gasteiger partial charge in [-0.25, -0.2) is 0 Å². The molecular weight excluding hydrogens is 282 g/mol. The van der Waals surface area contributed by atoms with E-state index >= 15 is 0 Å². The predicted octanol–water partition coefficient (Wildman–Crippen LogP) is 1.90. The number of amides is 1. The molecule has 2 aliphatic heterocycles. The predicted molar refractivity (Wildman–Crippen MR) is 78.2 cm³/mol. The number of nitrogens with zero attached hydrogens (tertiary/aromatic N) is 3. The summed E-state index contributed by atoms with van der Waals surface area (Å²) in [5.41, 5.74) is 0.0522. The molecule has 1 saturated carbocycles. The molecule has 0 unspecified atom stereocenters. The molecule has 2 saturated heterocycles. The van der Waals surface area contributed by atoms with E-state index in [9.17, 15) is 4.79 Å². The van der Waals surface area contributed by atoms with E-state index in [1.165, 1.54) is 6.42 Å². The Balaban J connectivity index is 1.60. The van der Waals surface area contributed by atoms with E-state index in [0.717, 1.165) is 52.0 Å². The van der Waals surface area contributed by atoms with Crippen LogP contribution < -0.4 is 0 Å². The molecule has 120 valence electrons. The van der Waals surface area contributed by atoms with E-state index < -0.39 is 0 Å². The van der Waals surface area contributed by atoms with Gasteiger partial charge in [0.25, 0.3) is 0 Å². The van der Waals surface area contributed by atoms with Gasteiger partial charge in [0, 0.05) is 37.6 Å². The van der Waals surface area contributed by atoms with Crippen LogP contribution >= 0.6 is 0 Å². The maximum absolute atomic E-state index is 12.7. The van der Waals surface area contributed by atoms with Gasteiger partial charge in [-0.15, -0.1) is 0 Å². The Labute approximate surface area is 130 Å². The number of rotatable bonds is 2. The standard InChI is InChI=1S/C16H23N3O3/c1-11-17-14(22-18-11)13-9-19(15(20)12-3-2-4-12)10-16(13)5-7-21-8-6-16/h12-13H,2-10H2,1H3/t13-/m1/s1. The van der Waals surface area contributed by atoms with Crippen LogP contribution in [0.2, 0.25) is 0 Å². The molecule has 0 aromatic carbocycles. The van der Waals surface area contributed by atoms with E-state index in [1.54, 1.807) is 0 Å². The second-order valence-corrected chi connectivity index (χ2v) is 7.05. The normalized spacial score (nSPS) is 28.0. The molecule has 1 atom stereocenters. The first kappa shape index (κ1) is 14.2. The average Bonchev–Trinajstić information content (AvgIpc) is 3.02. The molecule has 3 heterocycles. The summed E-state index contributed by atoms with van der Waals surface area (Å²) < 4.78 is 11.0. The zero-order valence-electron chi connectivity index (χ0n) is 13.1. The molecule has 1 spiro atoms. The number of ether oxygens (including phenoxy) is 1. The summed E-state index contributed by atoms with van der Waals surface area (Å²) in [4.78, 5) is 19.2. The molecule has 1 aromatic rings. The van der Waals surface area contributed by atoms with Gasteiger partial charge in [-0.3, -0.25) is 4.79 Å². The van der Waals surface area contributed by atoms with Crippen molar-refractivity contribution in [2.24, 2.45) is 11.3 Å². The lowest BCUT2D eigenvalue weighted by Gasteiger charge is -2.36. The fourth-order valence-electron chi connectivity index (χ4n) is 4.13. The summed E-state index contributed by atoms with van der Waals surface area (Å²) in [6.07, 6.45) is 5.22. The zero-order chi connectivity index (χ0) is 15.2. The highest BCUT2D eigenvalue weighted by molar-refractivity contribution is 5.80. The summed E-state index contributed by atoms with van der Waals surface area (Å²) >= 11 is 0. The van der Waals surface area contributed by atoms with Crippen molar-refractivity contribution in [1.29, 1.82) is 0 Å². The second kappa shape index (κ2) is 5.33. The van der Waals surface area contributed by atoms with Gasteiger partial charge >= 0.3 is 0 Å². The molecule has 0 radical (unpaired) electrons. The van der Waals surface area contributed by atoms with Crippen molar-refractivity contribution in [3.63, 3.8) is 0 Å². The van der Waals surface area contributed by atoms with Gasteiger partial charge in [0.15, 0.2) is 5.82 Å². The summed E-state index contributed by atoms with van der Waals surface area (Å²) in [6.45, 7) is 4.90. The first-order valence-electron chi connectivity index (χ1n) is 8.35. The minimum absolute atomic E-state index is 0.0522. The van der Waals surface area contributed by atoms with Crippen molar-refractivity contribution in [3.05, 3.63) is 11.7 Å².